The Morgan fingerprint density at radius 3 is 2.74 bits per heavy atom. The number of carbonyl (C=O) groups excluding carboxylic acids is 1. The minimum atomic E-state index is -0.412. The van der Waals surface area contributed by atoms with Gasteiger partial charge >= 0.3 is 0 Å². The van der Waals surface area contributed by atoms with E-state index in [1.807, 2.05) is 0 Å². The molecule has 0 bridgehead atoms. The smallest absolute Gasteiger partial charge is 0.269 e. The lowest BCUT2D eigenvalue weighted by molar-refractivity contribution is -0.384. The highest BCUT2D eigenvalue weighted by atomic mass is 32.2. The van der Waals surface area contributed by atoms with E-state index < -0.39 is 4.92 Å². The molecule has 1 aromatic rings. The Bertz CT molecular complexity index is 519. The number of rotatable bonds is 4. The molecular weight excluding hydrogens is 268 g/mol. The predicted octanol–water partition coefficient (Wildman–Crippen LogP) is 1.64. The molecule has 19 heavy (non-hydrogen) atoms. The molecule has 2 saturated heterocycles. The number of ether oxygens (including phenoxy) is 1. The fourth-order valence-electron chi connectivity index (χ4n) is 2.20. The van der Waals surface area contributed by atoms with Crippen LogP contribution in [0.5, 0.6) is 0 Å². The van der Waals surface area contributed by atoms with E-state index in [4.69, 9.17) is 4.74 Å². The number of hydrogen-bond donors (Lipinski definition) is 0. The molecule has 6 nitrogen and oxygen atoms in total. The molecule has 2 heterocycles. The largest absolute Gasteiger partial charge is 0.352 e. The fraction of sp³-hybridized carbons (Fsp3) is 0.417. The van der Waals surface area contributed by atoms with E-state index >= 15 is 0 Å². The van der Waals surface area contributed by atoms with Gasteiger partial charge in [-0.1, -0.05) is 0 Å². The Hall–Kier alpha value is -1.60. The maximum absolute atomic E-state index is 11.2. The molecule has 0 spiro atoms. The van der Waals surface area contributed by atoms with Crippen LogP contribution in [0, 0.1) is 10.1 Å². The first-order valence-corrected chi connectivity index (χ1v) is 6.94. The zero-order valence-electron chi connectivity index (χ0n) is 10.0. The molecule has 1 aromatic carbocycles. The molecule has 2 aliphatic rings. The average Bonchev–Trinajstić information content (AvgIpc) is 2.73. The van der Waals surface area contributed by atoms with Gasteiger partial charge in [0, 0.05) is 22.8 Å². The molecule has 2 fully saturated rings. The summed E-state index contributed by atoms with van der Waals surface area (Å²) in [6.07, 6.45) is 0.533. The lowest BCUT2D eigenvalue weighted by Crippen LogP contribution is -2.48. The Morgan fingerprint density at radius 2 is 2.16 bits per heavy atom. The zero-order valence-corrected chi connectivity index (χ0v) is 10.8. The lowest BCUT2D eigenvalue weighted by Gasteiger charge is -2.31. The second-order valence-corrected chi connectivity index (χ2v) is 5.62. The van der Waals surface area contributed by atoms with Crippen molar-refractivity contribution >= 4 is 23.4 Å². The Kier molecular flexibility index (Phi) is 3.16. The van der Waals surface area contributed by atoms with Crippen molar-refractivity contribution in [3.8, 4) is 0 Å². The lowest BCUT2D eigenvalue weighted by atomic mass is 10.2. The summed E-state index contributed by atoms with van der Waals surface area (Å²) in [5.74, 6) is 0.908. The van der Waals surface area contributed by atoms with Gasteiger partial charge in [0.2, 0.25) is 5.91 Å². The first-order chi connectivity index (χ1) is 9.13. The molecule has 2 unspecified atom stereocenters. The Labute approximate surface area is 113 Å². The quantitative estimate of drug-likeness (QED) is 0.363. The van der Waals surface area contributed by atoms with Crippen molar-refractivity contribution in [1.29, 1.82) is 0 Å². The van der Waals surface area contributed by atoms with Crippen LogP contribution in [0.25, 0.3) is 0 Å². The summed E-state index contributed by atoms with van der Waals surface area (Å²) >= 11 is 1.59. The van der Waals surface area contributed by atoms with Gasteiger partial charge in [-0.2, -0.15) is 0 Å². The molecule has 7 heteroatoms. The van der Waals surface area contributed by atoms with Crippen molar-refractivity contribution in [1.82, 2.24) is 4.90 Å². The number of nitrogens with zero attached hydrogens (tertiary/aromatic N) is 2. The van der Waals surface area contributed by atoms with Gasteiger partial charge < -0.3 is 9.64 Å². The maximum atomic E-state index is 11.2. The number of thioether (sulfide) groups is 1. The highest BCUT2D eigenvalue weighted by molar-refractivity contribution is 7.99. The number of hydrogen-bond acceptors (Lipinski definition) is 5. The highest BCUT2D eigenvalue weighted by Crippen LogP contribution is 2.31. The number of non-ortho nitro benzene ring substituents is 1. The number of amides is 1. The molecule has 2 aliphatic heterocycles. The molecule has 0 aliphatic carbocycles. The summed E-state index contributed by atoms with van der Waals surface area (Å²) in [7, 11) is 0. The minimum Gasteiger partial charge on any atom is -0.352 e. The molecule has 0 aromatic heterocycles. The minimum absolute atomic E-state index is 0.0186. The number of nitro groups is 1. The van der Waals surface area contributed by atoms with Gasteiger partial charge in [0.15, 0.2) is 0 Å². The molecule has 100 valence electrons. The van der Waals surface area contributed by atoms with E-state index in [-0.39, 0.29) is 23.9 Å². The van der Waals surface area contributed by atoms with Crippen LogP contribution in [0.15, 0.2) is 29.2 Å². The van der Waals surface area contributed by atoms with E-state index in [2.05, 4.69) is 0 Å². The molecule has 1 amide bonds. The summed E-state index contributed by atoms with van der Waals surface area (Å²) in [6.45, 7) is 0.656. The van der Waals surface area contributed by atoms with Crippen molar-refractivity contribution in [2.45, 2.75) is 23.6 Å². The molecule has 0 radical (unpaired) electrons. The third-order valence-corrected chi connectivity index (χ3v) is 4.39. The van der Waals surface area contributed by atoms with Gasteiger partial charge in [-0.3, -0.25) is 14.9 Å². The number of nitro benzene ring substituents is 1. The van der Waals surface area contributed by atoms with Crippen LogP contribution in [-0.4, -0.2) is 40.4 Å². The van der Waals surface area contributed by atoms with Crippen molar-refractivity contribution in [3.05, 3.63) is 34.4 Å². The SMILES string of the molecule is O=C1CC2OC(CSc3ccc([N+](=O)[O-])cc3)CN12. The summed E-state index contributed by atoms with van der Waals surface area (Å²) in [6, 6.07) is 6.46. The summed E-state index contributed by atoms with van der Waals surface area (Å²) in [5, 5.41) is 10.5. The van der Waals surface area contributed by atoms with Crippen molar-refractivity contribution in [2.75, 3.05) is 12.3 Å². The monoisotopic (exact) mass is 280 g/mol. The second-order valence-electron chi connectivity index (χ2n) is 4.52. The van der Waals surface area contributed by atoms with Crippen molar-refractivity contribution < 1.29 is 14.5 Å². The van der Waals surface area contributed by atoms with Gasteiger partial charge in [0.1, 0.15) is 6.23 Å². The summed E-state index contributed by atoms with van der Waals surface area (Å²) in [5.41, 5.74) is 0.0937. The second kappa shape index (κ2) is 4.82. The molecular formula is C12H12N2O4S. The predicted molar refractivity (Wildman–Crippen MR) is 68.8 cm³/mol. The van der Waals surface area contributed by atoms with Crippen LogP contribution in [0.2, 0.25) is 0 Å². The van der Waals surface area contributed by atoms with Crippen LogP contribution in [0.4, 0.5) is 5.69 Å². The maximum Gasteiger partial charge on any atom is 0.269 e. The molecule has 2 atom stereocenters. The normalized spacial score (nSPS) is 25.1. The molecule has 0 saturated carbocycles. The zero-order chi connectivity index (χ0) is 13.4. The van der Waals surface area contributed by atoms with Gasteiger partial charge in [0.25, 0.3) is 5.69 Å². The van der Waals surface area contributed by atoms with Crippen LogP contribution >= 0.6 is 11.8 Å². The third-order valence-electron chi connectivity index (χ3n) is 3.25. The standard InChI is InChI=1S/C12H12N2O4S/c15-11-5-12-13(11)6-9(18-12)7-19-10-3-1-8(2-4-10)14(16)17/h1-4,9,12H,5-7H2. The summed E-state index contributed by atoms with van der Waals surface area (Å²) < 4.78 is 5.69. The highest BCUT2D eigenvalue weighted by Gasteiger charge is 2.44. The number of carbonyl (C=O) groups is 1. The first-order valence-electron chi connectivity index (χ1n) is 5.95. The first kappa shape index (κ1) is 12.4. The topological polar surface area (TPSA) is 72.7 Å². The number of β-lactam (4-membered cyclic amide) rings is 1. The van der Waals surface area contributed by atoms with Crippen LogP contribution < -0.4 is 0 Å². The van der Waals surface area contributed by atoms with Gasteiger partial charge in [-0.25, -0.2) is 0 Å². The Morgan fingerprint density at radius 1 is 1.42 bits per heavy atom. The Balaban J connectivity index is 1.52. The average molecular weight is 280 g/mol. The fourth-order valence-corrected chi connectivity index (χ4v) is 3.09. The summed E-state index contributed by atoms with van der Waals surface area (Å²) in [4.78, 5) is 24.0. The van der Waals surface area contributed by atoms with Gasteiger partial charge in [-0.05, 0) is 12.1 Å². The van der Waals surface area contributed by atoms with E-state index in [0.29, 0.717) is 13.0 Å². The van der Waals surface area contributed by atoms with Crippen LogP contribution in [0.3, 0.4) is 0 Å². The molecule has 0 N–H and O–H groups in total. The third kappa shape index (κ3) is 2.43. The van der Waals surface area contributed by atoms with E-state index in [9.17, 15) is 14.9 Å². The molecule has 3 rings (SSSR count). The van der Waals surface area contributed by atoms with E-state index in [1.165, 1.54) is 12.1 Å². The van der Waals surface area contributed by atoms with Crippen molar-refractivity contribution in [3.63, 3.8) is 0 Å². The van der Waals surface area contributed by atoms with E-state index in [1.54, 1.807) is 28.8 Å². The number of benzene rings is 1. The number of fused-ring (bicyclic) bond motifs is 1. The van der Waals surface area contributed by atoms with E-state index in [0.717, 1.165) is 10.6 Å². The van der Waals surface area contributed by atoms with Gasteiger partial charge in [-0.15, -0.1) is 11.8 Å². The van der Waals surface area contributed by atoms with Crippen molar-refractivity contribution in [2.24, 2.45) is 0 Å². The van der Waals surface area contributed by atoms with Gasteiger partial charge in [0.05, 0.1) is 24.0 Å². The van der Waals surface area contributed by atoms with Crippen LogP contribution in [-0.2, 0) is 9.53 Å². The van der Waals surface area contributed by atoms with Crippen LogP contribution in [0.1, 0.15) is 6.42 Å².